The molecule has 4 heteroatoms. The van der Waals surface area contributed by atoms with Crippen LogP contribution in [-0.4, -0.2) is 22.5 Å². The van der Waals surface area contributed by atoms with E-state index in [0.29, 0.717) is 11.3 Å². The molecule has 1 aromatic rings. The van der Waals surface area contributed by atoms with Crippen LogP contribution < -0.4 is 4.74 Å². The number of Topliss-reactive ketones (excluding diaryl/α,β-unsaturated/α-hetero) is 1. The summed E-state index contributed by atoms with van der Waals surface area (Å²) >= 11 is 0. The van der Waals surface area contributed by atoms with Gasteiger partial charge in [-0.2, -0.15) is 0 Å². The Balaban J connectivity index is 2.85. The number of hydrogen-bond donors (Lipinski definition) is 1. The van der Waals surface area contributed by atoms with Crippen molar-refractivity contribution in [2.24, 2.45) is 0 Å². The Morgan fingerprint density at radius 2 is 2.00 bits per heavy atom. The fraction of sp³-hybridized carbons (Fsp3) is 0.385. The van der Waals surface area contributed by atoms with Crippen LogP contribution in [-0.2, 0) is 16.0 Å². The Labute approximate surface area is 100 Å². The Bertz CT molecular complexity index is 435. The summed E-state index contributed by atoms with van der Waals surface area (Å²) in [5.41, 5.74) is -0.253. The molecule has 0 unspecified atom stereocenters. The molecule has 0 atom stereocenters. The number of ketones is 1. The van der Waals surface area contributed by atoms with Gasteiger partial charge >= 0.3 is 5.97 Å². The van der Waals surface area contributed by atoms with Crippen molar-refractivity contribution in [2.75, 3.05) is 0 Å². The van der Waals surface area contributed by atoms with Crippen LogP contribution in [0.3, 0.4) is 0 Å². The van der Waals surface area contributed by atoms with E-state index in [1.54, 1.807) is 38.1 Å². The number of hydrogen-bond acceptors (Lipinski definition) is 3. The zero-order chi connectivity index (χ0) is 13.1. The number of rotatable bonds is 5. The van der Waals surface area contributed by atoms with E-state index < -0.39 is 11.6 Å². The summed E-state index contributed by atoms with van der Waals surface area (Å²) in [6.45, 7) is 4.82. The second-order valence-electron chi connectivity index (χ2n) is 4.39. The zero-order valence-corrected chi connectivity index (χ0v) is 10.2. The Morgan fingerprint density at radius 3 is 2.53 bits per heavy atom. The van der Waals surface area contributed by atoms with Crippen molar-refractivity contribution in [2.45, 2.75) is 32.8 Å². The quantitative estimate of drug-likeness (QED) is 0.849. The molecule has 0 bridgehead atoms. The van der Waals surface area contributed by atoms with Crippen molar-refractivity contribution in [3.63, 3.8) is 0 Å². The van der Waals surface area contributed by atoms with Gasteiger partial charge in [0.2, 0.25) is 0 Å². The number of carboxylic acid groups (broad SMARTS) is 1. The van der Waals surface area contributed by atoms with Gasteiger partial charge in [-0.3, -0.25) is 9.59 Å². The van der Waals surface area contributed by atoms with Crippen LogP contribution >= 0.6 is 0 Å². The molecule has 0 fully saturated rings. The van der Waals surface area contributed by atoms with Crippen LogP contribution in [0.25, 0.3) is 0 Å². The van der Waals surface area contributed by atoms with Gasteiger partial charge in [-0.25, -0.2) is 0 Å². The highest BCUT2D eigenvalue weighted by atomic mass is 16.5. The lowest BCUT2D eigenvalue weighted by molar-refractivity contribution is -0.136. The molecule has 0 aliphatic heterocycles. The molecule has 0 aliphatic rings. The van der Waals surface area contributed by atoms with Crippen LogP contribution in [0.5, 0.6) is 5.75 Å². The van der Waals surface area contributed by atoms with Gasteiger partial charge in [-0.15, -0.1) is 0 Å². The maximum Gasteiger partial charge on any atom is 0.307 e. The third kappa shape index (κ3) is 3.90. The largest absolute Gasteiger partial charge is 0.481 e. The Morgan fingerprint density at radius 1 is 1.35 bits per heavy atom. The van der Waals surface area contributed by atoms with E-state index in [1.807, 2.05) is 0 Å². The van der Waals surface area contributed by atoms with Crippen molar-refractivity contribution >= 4 is 11.8 Å². The molecule has 0 aliphatic carbocycles. The van der Waals surface area contributed by atoms with Gasteiger partial charge in [0.1, 0.15) is 5.75 Å². The Hall–Kier alpha value is -1.84. The van der Waals surface area contributed by atoms with E-state index in [1.165, 1.54) is 6.92 Å². The fourth-order valence-corrected chi connectivity index (χ4v) is 1.26. The molecule has 0 aromatic heterocycles. The molecule has 0 saturated heterocycles. The first kappa shape index (κ1) is 13.2. The maximum absolute atomic E-state index is 11.3. The molecule has 0 amide bonds. The number of carboxylic acids is 1. The van der Waals surface area contributed by atoms with Crippen LogP contribution in [0.4, 0.5) is 0 Å². The monoisotopic (exact) mass is 236 g/mol. The number of ether oxygens (including phenoxy) is 1. The average Bonchev–Trinajstić information content (AvgIpc) is 2.15. The smallest absolute Gasteiger partial charge is 0.307 e. The van der Waals surface area contributed by atoms with E-state index in [0.717, 1.165) is 0 Å². The van der Waals surface area contributed by atoms with Crippen molar-refractivity contribution < 1.29 is 19.4 Å². The van der Waals surface area contributed by atoms with E-state index in [-0.39, 0.29) is 12.2 Å². The second kappa shape index (κ2) is 4.99. The molecule has 0 radical (unpaired) electrons. The van der Waals surface area contributed by atoms with Crippen molar-refractivity contribution in [3.8, 4) is 5.75 Å². The minimum Gasteiger partial charge on any atom is -0.481 e. The average molecular weight is 236 g/mol. The highest BCUT2D eigenvalue weighted by Crippen LogP contribution is 2.20. The SMILES string of the molecule is CC(=O)C(C)(C)Oc1cccc(CC(=O)O)c1. The summed E-state index contributed by atoms with van der Waals surface area (Å²) in [5, 5.41) is 8.68. The lowest BCUT2D eigenvalue weighted by atomic mass is 10.0. The summed E-state index contributed by atoms with van der Waals surface area (Å²) in [5.74, 6) is -0.474. The number of carbonyl (C=O) groups excluding carboxylic acids is 1. The predicted octanol–water partition coefficient (Wildman–Crippen LogP) is 2.06. The highest BCUT2D eigenvalue weighted by molar-refractivity contribution is 5.84. The van der Waals surface area contributed by atoms with Crippen LogP contribution in [0, 0.1) is 0 Å². The summed E-state index contributed by atoms with van der Waals surface area (Å²) in [4.78, 5) is 21.9. The molecule has 92 valence electrons. The first-order valence-electron chi connectivity index (χ1n) is 5.32. The van der Waals surface area contributed by atoms with Gasteiger partial charge in [0.25, 0.3) is 0 Å². The molecule has 0 spiro atoms. The van der Waals surface area contributed by atoms with Crippen molar-refractivity contribution in [1.82, 2.24) is 0 Å². The first-order valence-corrected chi connectivity index (χ1v) is 5.32. The summed E-state index contributed by atoms with van der Waals surface area (Å²) < 4.78 is 5.54. The molecule has 1 rings (SSSR count). The van der Waals surface area contributed by atoms with Crippen LogP contribution in [0.2, 0.25) is 0 Å². The van der Waals surface area contributed by atoms with Gasteiger partial charge in [-0.1, -0.05) is 12.1 Å². The summed E-state index contributed by atoms with van der Waals surface area (Å²) in [6.07, 6.45) is -0.0578. The molecule has 0 heterocycles. The minimum atomic E-state index is -0.901. The lowest BCUT2D eigenvalue weighted by Crippen LogP contribution is -2.36. The summed E-state index contributed by atoms with van der Waals surface area (Å²) in [7, 11) is 0. The van der Waals surface area contributed by atoms with E-state index >= 15 is 0 Å². The molecule has 4 nitrogen and oxygen atoms in total. The molecule has 1 aromatic carbocycles. The van der Waals surface area contributed by atoms with Crippen LogP contribution in [0.15, 0.2) is 24.3 Å². The van der Waals surface area contributed by atoms with Crippen LogP contribution in [0.1, 0.15) is 26.3 Å². The second-order valence-corrected chi connectivity index (χ2v) is 4.39. The normalized spacial score (nSPS) is 11.0. The van der Waals surface area contributed by atoms with Crippen molar-refractivity contribution in [3.05, 3.63) is 29.8 Å². The topological polar surface area (TPSA) is 63.6 Å². The van der Waals surface area contributed by atoms with E-state index in [4.69, 9.17) is 9.84 Å². The first-order chi connectivity index (χ1) is 7.81. The number of benzene rings is 1. The third-order valence-electron chi connectivity index (χ3n) is 2.47. The van der Waals surface area contributed by atoms with Crippen molar-refractivity contribution in [1.29, 1.82) is 0 Å². The van der Waals surface area contributed by atoms with Gasteiger partial charge in [-0.05, 0) is 38.5 Å². The maximum atomic E-state index is 11.3. The van der Waals surface area contributed by atoms with E-state index in [2.05, 4.69) is 0 Å². The molecular formula is C13H16O4. The highest BCUT2D eigenvalue weighted by Gasteiger charge is 2.25. The molecule has 0 saturated carbocycles. The molecular weight excluding hydrogens is 220 g/mol. The Kier molecular flexibility index (Phi) is 3.89. The van der Waals surface area contributed by atoms with Gasteiger partial charge in [0.05, 0.1) is 6.42 Å². The lowest BCUT2D eigenvalue weighted by Gasteiger charge is -2.23. The standard InChI is InChI=1S/C13H16O4/c1-9(14)13(2,3)17-11-6-4-5-10(7-11)8-12(15)16/h4-7H,8H2,1-3H3,(H,15,16). The summed E-state index contributed by atoms with van der Waals surface area (Å²) in [6, 6.07) is 6.76. The minimum absolute atomic E-state index is 0.0578. The molecule has 17 heavy (non-hydrogen) atoms. The predicted molar refractivity (Wildman–Crippen MR) is 63.2 cm³/mol. The molecule has 1 N–H and O–H groups in total. The van der Waals surface area contributed by atoms with E-state index in [9.17, 15) is 9.59 Å². The third-order valence-corrected chi connectivity index (χ3v) is 2.47. The zero-order valence-electron chi connectivity index (χ0n) is 10.2. The number of aliphatic carboxylic acids is 1. The van der Waals surface area contributed by atoms with Gasteiger partial charge in [0.15, 0.2) is 11.4 Å². The fourth-order valence-electron chi connectivity index (χ4n) is 1.26. The van der Waals surface area contributed by atoms with Gasteiger partial charge < -0.3 is 9.84 Å². The van der Waals surface area contributed by atoms with Gasteiger partial charge in [0, 0.05) is 0 Å². The number of carbonyl (C=O) groups is 2.